The lowest BCUT2D eigenvalue weighted by Gasteiger charge is -2.07. The van der Waals surface area contributed by atoms with Gasteiger partial charge >= 0.3 is 12.1 Å². The highest BCUT2D eigenvalue weighted by Gasteiger charge is 2.31. The number of alkyl halides is 3. The molecule has 0 atom stereocenters. The Morgan fingerprint density at radius 1 is 1.26 bits per heavy atom. The van der Waals surface area contributed by atoms with Gasteiger partial charge in [0, 0.05) is 6.07 Å². The summed E-state index contributed by atoms with van der Waals surface area (Å²) in [7, 11) is 0. The molecule has 100 valence electrons. The molecule has 2 aromatic rings. The summed E-state index contributed by atoms with van der Waals surface area (Å²) in [5, 5.41) is 11.7. The monoisotopic (exact) mass is 275 g/mol. The number of hydrogen-bond donors (Lipinski definition) is 1. The zero-order chi connectivity index (χ0) is 14.2. The Bertz CT molecular complexity index is 633. The van der Waals surface area contributed by atoms with Crippen LogP contribution >= 0.6 is 0 Å². The Hall–Kier alpha value is -2.38. The molecule has 0 saturated heterocycles. The van der Waals surface area contributed by atoms with Crippen LogP contribution in [0.3, 0.4) is 0 Å². The van der Waals surface area contributed by atoms with E-state index in [2.05, 4.69) is 9.68 Å². The molecular formula is C11H5F4NO3. The summed E-state index contributed by atoms with van der Waals surface area (Å²) in [5.41, 5.74) is -1.91. The van der Waals surface area contributed by atoms with Gasteiger partial charge in [0.2, 0.25) is 0 Å². The summed E-state index contributed by atoms with van der Waals surface area (Å²) in [6.07, 6.45) is -4.66. The van der Waals surface area contributed by atoms with Crippen molar-refractivity contribution in [3.8, 4) is 11.3 Å². The summed E-state index contributed by atoms with van der Waals surface area (Å²) in [5.74, 6) is -2.83. The molecule has 19 heavy (non-hydrogen) atoms. The highest BCUT2D eigenvalue weighted by Crippen LogP contribution is 2.32. The Morgan fingerprint density at radius 2 is 1.95 bits per heavy atom. The maximum Gasteiger partial charge on any atom is 0.416 e. The molecule has 0 radical (unpaired) electrons. The fourth-order valence-corrected chi connectivity index (χ4v) is 1.39. The zero-order valence-electron chi connectivity index (χ0n) is 9.03. The number of aromatic carboxylic acids is 1. The largest absolute Gasteiger partial charge is 0.476 e. The first-order chi connectivity index (χ1) is 8.79. The SMILES string of the molecule is O=C(O)c1cc(-c2ccc(C(F)(F)F)cc2F)on1. The molecule has 0 spiro atoms. The fourth-order valence-electron chi connectivity index (χ4n) is 1.39. The molecule has 0 saturated carbocycles. The van der Waals surface area contributed by atoms with Crippen LogP contribution in [0.4, 0.5) is 17.6 Å². The van der Waals surface area contributed by atoms with Crippen LogP contribution in [0.2, 0.25) is 0 Å². The molecule has 1 aromatic heterocycles. The third-order valence-corrected chi connectivity index (χ3v) is 2.29. The molecule has 0 amide bonds. The number of aromatic nitrogens is 1. The van der Waals surface area contributed by atoms with Crippen molar-refractivity contribution in [1.29, 1.82) is 0 Å². The number of benzene rings is 1. The molecule has 0 aliphatic rings. The summed E-state index contributed by atoms with van der Waals surface area (Å²) in [4.78, 5) is 10.6. The van der Waals surface area contributed by atoms with Crippen molar-refractivity contribution in [1.82, 2.24) is 5.16 Å². The number of halogens is 4. The normalized spacial score (nSPS) is 11.6. The summed E-state index contributed by atoms with van der Waals surface area (Å²) in [6.45, 7) is 0. The van der Waals surface area contributed by atoms with Crippen LogP contribution in [0.25, 0.3) is 11.3 Å². The van der Waals surface area contributed by atoms with E-state index in [1.807, 2.05) is 0 Å². The maximum atomic E-state index is 13.5. The van der Waals surface area contributed by atoms with Gasteiger partial charge in [0.15, 0.2) is 11.5 Å². The van der Waals surface area contributed by atoms with Crippen LogP contribution in [0.5, 0.6) is 0 Å². The van der Waals surface area contributed by atoms with Crippen molar-refractivity contribution >= 4 is 5.97 Å². The first kappa shape index (κ1) is 13.1. The summed E-state index contributed by atoms with van der Waals surface area (Å²) >= 11 is 0. The standard InChI is InChI=1S/C11H5F4NO3/c12-7-3-5(11(13,14)15)1-2-6(7)9-4-8(10(17)18)16-19-9/h1-4H,(H,17,18). The minimum absolute atomic E-state index is 0.261. The number of hydrogen-bond acceptors (Lipinski definition) is 3. The molecule has 4 nitrogen and oxygen atoms in total. The second-order valence-electron chi connectivity index (χ2n) is 3.57. The molecule has 0 aliphatic heterocycles. The smallest absolute Gasteiger partial charge is 0.416 e. The highest BCUT2D eigenvalue weighted by molar-refractivity contribution is 5.86. The third kappa shape index (κ3) is 2.56. The van der Waals surface area contributed by atoms with E-state index in [1.54, 1.807) is 0 Å². The Kier molecular flexibility index (Phi) is 3.01. The van der Waals surface area contributed by atoms with E-state index in [4.69, 9.17) is 5.11 Å². The fraction of sp³-hybridized carbons (Fsp3) is 0.0909. The van der Waals surface area contributed by atoms with E-state index in [0.29, 0.717) is 12.1 Å². The Balaban J connectivity index is 2.43. The minimum atomic E-state index is -4.66. The number of carbonyl (C=O) groups is 1. The maximum absolute atomic E-state index is 13.5. The second-order valence-corrected chi connectivity index (χ2v) is 3.57. The van der Waals surface area contributed by atoms with Gasteiger partial charge in [-0.3, -0.25) is 0 Å². The third-order valence-electron chi connectivity index (χ3n) is 2.29. The van der Waals surface area contributed by atoms with Crippen LogP contribution in [0.1, 0.15) is 16.1 Å². The van der Waals surface area contributed by atoms with Gasteiger partial charge < -0.3 is 9.63 Å². The van der Waals surface area contributed by atoms with E-state index in [9.17, 15) is 22.4 Å². The molecule has 1 heterocycles. The van der Waals surface area contributed by atoms with Crippen LogP contribution in [0, 0.1) is 5.82 Å². The first-order valence-electron chi connectivity index (χ1n) is 4.86. The molecule has 0 fully saturated rings. The topological polar surface area (TPSA) is 63.3 Å². The summed E-state index contributed by atoms with van der Waals surface area (Å²) in [6, 6.07) is 2.75. The Labute approximate surface area is 103 Å². The average Bonchev–Trinajstić information content (AvgIpc) is 2.76. The van der Waals surface area contributed by atoms with Crippen molar-refractivity contribution in [2.75, 3.05) is 0 Å². The van der Waals surface area contributed by atoms with Crippen molar-refractivity contribution in [3.63, 3.8) is 0 Å². The lowest BCUT2D eigenvalue weighted by atomic mass is 10.1. The van der Waals surface area contributed by atoms with Gasteiger partial charge in [0.05, 0.1) is 11.1 Å². The molecule has 1 aromatic carbocycles. The summed E-state index contributed by atoms with van der Waals surface area (Å²) < 4.78 is 55.1. The first-order valence-corrected chi connectivity index (χ1v) is 4.86. The molecule has 0 unspecified atom stereocenters. The van der Waals surface area contributed by atoms with Gasteiger partial charge in [-0.05, 0) is 18.2 Å². The minimum Gasteiger partial charge on any atom is -0.476 e. The molecule has 2 rings (SSSR count). The van der Waals surface area contributed by atoms with Crippen LogP contribution < -0.4 is 0 Å². The highest BCUT2D eigenvalue weighted by atomic mass is 19.4. The number of carboxylic acids is 1. The van der Waals surface area contributed by atoms with Gasteiger partial charge in [0.25, 0.3) is 0 Å². The lowest BCUT2D eigenvalue weighted by Crippen LogP contribution is -2.05. The van der Waals surface area contributed by atoms with Gasteiger partial charge in [-0.25, -0.2) is 9.18 Å². The lowest BCUT2D eigenvalue weighted by molar-refractivity contribution is -0.137. The van der Waals surface area contributed by atoms with Crippen molar-refractivity contribution in [3.05, 3.63) is 41.3 Å². The predicted octanol–water partition coefficient (Wildman–Crippen LogP) is 3.20. The van der Waals surface area contributed by atoms with Crippen molar-refractivity contribution in [2.24, 2.45) is 0 Å². The molecule has 1 N–H and O–H groups in total. The van der Waals surface area contributed by atoms with Crippen molar-refractivity contribution in [2.45, 2.75) is 6.18 Å². The quantitative estimate of drug-likeness (QED) is 0.855. The number of carboxylic acid groups (broad SMARTS) is 1. The van der Waals surface area contributed by atoms with Gasteiger partial charge in [-0.1, -0.05) is 5.16 Å². The van der Waals surface area contributed by atoms with Crippen LogP contribution in [-0.4, -0.2) is 16.2 Å². The zero-order valence-corrected chi connectivity index (χ0v) is 9.03. The van der Waals surface area contributed by atoms with Crippen LogP contribution in [0.15, 0.2) is 28.8 Å². The van der Waals surface area contributed by atoms with E-state index in [1.165, 1.54) is 0 Å². The number of nitrogens with zero attached hydrogens (tertiary/aromatic N) is 1. The predicted molar refractivity (Wildman–Crippen MR) is 53.9 cm³/mol. The van der Waals surface area contributed by atoms with Gasteiger partial charge in [0.1, 0.15) is 5.82 Å². The van der Waals surface area contributed by atoms with Crippen LogP contribution in [-0.2, 0) is 6.18 Å². The van der Waals surface area contributed by atoms with E-state index >= 15 is 0 Å². The van der Waals surface area contributed by atoms with E-state index in [-0.39, 0.29) is 11.3 Å². The molecule has 8 heteroatoms. The number of rotatable bonds is 2. The Morgan fingerprint density at radius 3 is 2.42 bits per heavy atom. The molecular weight excluding hydrogens is 270 g/mol. The second kappa shape index (κ2) is 4.38. The average molecular weight is 275 g/mol. The van der Waals surface area contributed by atoms with Gasteiger partial charge in [-0.15, -0.1) is 0 Å². The van der Waals surface area contributed by atoms with Crippen molar-refractivity contribution < 1.29 is 32.0 Å². The molecule has 0 bridgehead atoms. The van der Waals surface area contributed by atoms with Gasteiger partial charge in [-0.2, -0.15) is 13.2 Å². The van der Waals surface area contributed by atoms with E-state index in [0.717, 1.165) is 12.1 Å². The molecule has 0 aliphatic carbocycles. The van der Waals surface area contributed by atoms with E-state index < -0.39 is 29.2 Å².